The van der Waals surface area contributed by atoms with E-state index in [1.807, 2.05) is 84.9 Å². The predicted octanol–water partition coefficient (Wildman–Crippen LogP) is 7.44. The fourth-order valence-electron chi connectivity index (χ4n) is 5.69. The first-order valence-electron chi connectivity index (χ1n) is 14.4. The number of anilines is 2. The van der Waals surface area contributed by atoms with Crippen molar-refractivity contribution < 1.29 is 9.53 Å². The number of guanidine groups is 1. The zero-order valence-electron chi connectivity index (χ0n) is 23.4. The molecule has 212 valence electrons. The zero-order valence-corrected chi connectivity index (χ0v) is 23.4. The van der Waals surface area contributed by atoms with Crippen LogP contribution in [0, 0.1) is 5.92 Å². The molecule has 4 aromatic rings. The fraction of sp³-hybridized carbons (Fsp3) is 0.206. The first-order valence-corrected chi connectivity index (χ1v) is 14.4. The molecule has 42 heavy (non-hydrogen) atoms. The molecule has 6 rings (SSSR count). The van der Waals surface area contributed by atoms with E-state index in [0.29, 0.717) is 17.1 Å². The molecule has 2 amide bonds. The van der Waals surface area contributed by atoms with Gasteiger partial charge in [-0.05, 0) is 73.0 Å². The molecule has 1 fully saturated rings. The molecular weight excluding hydrogens is 524 g/mol. The lowest BCUT2D eigenvalue weighted by atomic mass is 9.83. The van der Waals surface area contributed by atoms with Crippen LogP contribution in [-0.4, -0.2) is 22.7 Å². The molecule has 2 aliphatic rings. The van der Waals surface area contributed by atoms with E-state index in [1.165, 1.54) is 6.42 Å². The van der Waals surface area contributed by atoms with Crippen LogP contribution in [0.2, 0.25) is 0 Å². The molecular formula is C34H34N6O2. The van der Waals surface area contributed by atoms with Crippen molar-refractivity contribution in [3.63, 3.8) is 0 Å². The Morgan fingerprint density at radius 1 is 0.833 bits per heavy atom. The lowest BCUT2D eigenvalue weighted by Crippen LogP contribution is -2.36. The van der Waals surface area contributed by atoms with Crippen molar-refractivity contribution in [1.29, 1.82) is 0 Å². The first-order chi connectivity index (χ1) is 20.5. The van der Waals surface area contributed by atoms with Gasteiger partial charge in [-0.3, -0.25) is 4.90 Å². The number of amides is 2. The van der Waals surface area contributed by atoms with Crippen LogP contribution >= 0.6 is 0 Å². The van der Waals surface area contributed by atoms with Gasteiger partial charge in [0, 0.05) is 11.5 Å². The van der Waals surface area contributed by atoms with Crippen molar-refractivity contribution in [2.45, 2.75) is 38.6 Å². The molecule has 0 unspecified atom stereocenters. The fourth-order valence-corrected chi connectivity index (χ4v) is 5.69. The Kier molecular flexibility index (Phi) is 7.85. The summed E-state index contributed by atoms with van der Waals surface area (Å²) in [5.74, 6) is 1.72. The number of aliphatic imine (C=N–C) groups is 1. The molecule has 1 aliphatic carbocycles. The monoisotopic (exact) mass is 558 g/mol. The Bertz CT molecular complexity index is 1610. The van der Waals surface area contributed by atoms with Crippen LogP contribution in [0.5, 0.6) is 11.5 Å². The summed E-state index contributed by atoms with van der Waals surface area (Å²) in [5.41, 5.74) is 16.1. The predicted molar refractivity (Wildman–Crippen MR) is 168 cm³/mol. The van der Waals surface area contributed by atoms with Crippen LogP contribution in [0.4, 0.5) is 21.9 Å². The van der Waals surface area contributed by atoms with E-state index in [1.54, 1.807) is 22.0 Å². The number of nitrogens with zero attached hydrogens (tertiary/aromatic N) is 4. The first kappa shape index (κ1) is 27.1. The van der Waals surface area contributed by atoms with Crippen LogP contribution in [-0.2, 0) is 6.54 Å². The van der Waals surface area contributed by atoms with Gasteiger partial charge in [-0.25, -0.2) is 14.8 Å². The Labute approximate surface area is 245 Å². The second kappa shape index (κ2) is 12.2. The number of para-hydroxylation sites is 2. The molecule has 8 nitrogen and oxygen atoms in total. The highest BCUT2D eigenvalue weighted by atomic mass is 16.5. The van der Waals surface area contributed by atoms with E-state index in [0.717, 1.165) is 54.0 Å². The zero-order chi connectivity index (χ0) is 28.9. The van der Waals surface area contributed by atoms with Gasteiger partial charge in [0.15, 0.2) is 5.96 Å². The second-order valence-electron chi connectivity index (χ2n) is 10.6. The summed E-state index contributed by atoms with van der Waals surface area (Å²) in [6.45, 7) is 0.289. The molecule has 0 radical (unpaired) electrons. The number of carbonyl (C=O) groups is 1. The Hall–Kier alpha value is -5.11. The lowest BCUT2D eigenvalue weighted by molar-refractivity contribution is 0.207. The standard InChI is InChI=1S/C34H34N6O2/c35-33(36)37-26-18-20-27(21-19-26)40-31-17-8-7-16-30(31)32(25-11-3-1-4-12-25)38-39(34(40)41)23-24-10-9-15-29(22-24)42-28-13-5-2-6-14-28/h2,5-10,13-22,25H,1,3-4,11-12,23H2,(H4,35,36,37). The van der Waals surface area contributed by atoms with Crippen molar-refractivity contribution in [3.05, 3.63) is 114 Å². The molecule has 4 aromatic carbocycles. The maximum atomic E-state index is 14.4. The van der Waals surface area contributed by atoms with E-state index in [9.17, 15) is 4.79 Å². The molecule has 8 heteroatoms. The van der Waals surface area contributed by atoms with Gasteiger partial charge in [-0.1, -0.05) is 67.8 Å². The molecule has 4 N–H and O–H groups in total. The molecule has 0 saturated heterocycles. The van der Waals surface area contributed by atoms with Gasteiger partial charge in [0.25, 0.3) is 0 Å². The summed E-state index contributed by atoms with van der Waals surface area (Å²) in [6.07, 6.45) is 5.67. The molecule has 1 heterocycles. The third kappa shape index (κ3) is 5.98. The smallest absolute Gasteiger partial charge is 0.349 e. The minimum absolute atomic E-state index is 0.0193. The number of benzene rings is 4. The molecule has 1 aliphatic heterocycles. The Balaban J connectivity index is 1.40. The number of carbonyl (C=O) groups excluding carboxylic acids is 1. The molecule has 1 saturated carbocycles. The summed E-state index contributed by atoms with van der Waals surface area (Å²) in [5, 5.41) is 6.72. The van der Waals surface area contributed by atoms with Crippen LogP contribution in [0.1, 0.15) is 43.2 Å². The summed E-state index contributed by atoms with van der Waals surface area (Å²) < 4.78 is 6.08. The summed E-state index contributed by atoms with van der Waals surface area (Å²) >= 11 is 0. The number of hydrogen-bond acceptors (Lipinski definition) is 4. The van der Waals surface area contributed by atoms with Crippen LogP contribution in [0.25, 0.3) is 0 Å². The largest absolute Gasteiger partial charge is 0.457 e. The summed E-state index contributed by atoms with van der Waals surface area (Å²) in [6, 6.07) is 32.6. The van der Waals surface area contributed by atoms with Gasteiger partial charge in [0.05, 0.1) is 29.3 Å². The average molecular weight is 559 g/mol. The highest BCUT2D eigenvalue weighted by Crippen LogP contribution is 2.38. The van der Waals surface area contributed by atoms with E-state index in [4.69, 9.17) is 21.3 Å². The van der Waals surface area contributed by atoms with Crippen LogP contribution in [0.3, 0.4) is 0 Å². The van der Waals surface area contributed by atoms with E-state index in [2.05, 4.69) is 11.1 Å². The average Bonchev–Trinajstić information content (AvgIpc) is 3.13. The normalized spacial score (nSPS) is 15.4. The van der Waals surface area contributed by atoms with Crippen LogP contribution < -0.4 is 21.1 Å². The Morgan fingerprint density at radius 2 is 1.55 bits per heavy atom. The summed E-state index contributed by atoms with van der Waals surface area (Å²) in [7, 11) is 0. The topological polar surface area (TPSA) is 110 Å². The lowest BCUT2D eigenvalue weighted by Gasteiger charge is -2.27. The Morgan fingerprint density at radius 3 is 2.31 bits per heavy atom. The number of urea groups is 1. The maximum Gasteiger partial charge on any atom is 0.349 e. The molecule has 0 spiro atoms. The van der Waals surface area contributed by atoms with Gasteiger partial charge < -0.3 is 16.2 Å². The van der Waals surface area contributed by atoms with Gasteiger partial charge in [0.2, 0.25) is 0 Å². The molecule has 0 bridgehead atoms. The van der Waals surface area contributed by atoms with Gasteiger partial charge >= 0.3 is 6.03 Å². The third-order valence-corrected chi connectivity index (χ3v) is 7.63. The number of nitrogens with two attached hydrogens (primary N) is 2. The summed E-state index contributed by atoms with van der Waals surface area (Å²) in [4.78, 5) is 20.3. The number of ether oxygens (including phenoxy) is 1. The third-order valence-electron chi connectivity index (χ3n) is 7.63. The SMILES string of the molecule is NC(N)=Nc1ccc(N2C(=O)N(Cc3cccc(Oc4ccccc4)c3)N=C(C3CCCCC3)c3ccccc32)cc1. The molecule has 0 aromatic heterocycles. The highest BCUT2D eigenvalue weighted by molar-refractivity contribution is 6.13. The highest BCUT2D eigenvalue weighted by Gasteiger charge is 2.34. The van der Waals surface area contributed by atoms with Crippen molar-refractivity contribution in [3.8, 4) is 11.5 Å². The van der Waals surface area contributed by atoms with E-state index in [-0.39, 0.29) is 24.5 Å². The van der Waals surface area contributed by atoms with Gasteiger partial charge in [-0.2, -0.15) is 5.10 Å². The molecule has 0 atom stereocenters. The quantitative estimate of drug-likeness (QED) is 0.181. The van der Waals surface area contributed by atoms with Crippen molar-refractivity contribution >= 4 is 34.8 Å². The van der Waals surface area contributed by atoms with Crippen molar-refractivity contribution in [2.75, 3.05) is 4.90 Å². The number of hydrazone groups is 1. The van der Waals surface area contributed by atoms with Crippen molar-refractivity contribution in [1.82, 2.24) is 5.01 Å². The second-order valence-corrected chi connectivity index (χ2v) is 10.6. The van der Waals surface area contributed by atoms with E-state index < -0.39 is 0 Å². The van der Waals surface area contributed by atoms with E-state index >= 15 is 0 Å². The van der Waals surface area contributed by atoms with Gasteiger partial charge in [-0.15, -0.1) is 0 Å². The van der Waals surface area contributed by atoms with Crippen LogP contribution in [0.15, 0.2) is 113 Å². The van der Waals surface area contributed by atoms with Gasteiger partial charge in [0.1, 0.15) is 11.5 Å². The maximum absolute atomic E-state index is 14.4. The number of fused-ring (bicyclic) bond motifs is 1. The minimum atomic E-state index is -0.239. The number of rotatable bonds is 7. The van der Waals surface area contributed by atoms with Crippen molar-refractivity contribution in [2.24, 2.45) is 27.5 Å². The minimum Gasteiger partial charge on any atom is -0.457 e. The number of hydrogen-bond donors (Lipinski definition) is 2.